The molecule has 1 aromatic rings. The molecular formula is C22H26F3NO4. The number of aliphatic hydroxyl groups is 1. The number of fused-ring (bicyclic) bond motifs is 1. The van der Waals surface area contributed by atoms with Gasteiger partial charge in [0, 0.05) is 24.5 Å². The highest BCUT2D eigenvalue weighted by molar-refractivity contribution is 5.90. The van der Waals surface area contributed by atoms with Gasteiger partial charge in [0.05, 0.1) is 5.56 Å². The second-order valence-corrected chi connectivity index (χ2v) is 8.56. The molecule has 0 saturated carbocycles. The molecule has 30 heavy (non-hydrogen) atoms. The van der Waals surface area contributed by atoms with Crippen LogP contribution in [-0.4, -0.2) is 33.0 Å². The normalized spacial score (nSPS) is 22.3. The molecule has 2 aliphatic rings. The third kappa shape index (κ3) is 4.64. The molecule has 1 heterocycles. The number of alkyl halides is 3. The lowest BCUT2D eigenvalue weighted by Gasteiger charge is -2.37. The fourth-order valence-corrected chi connectivity index (χ4v) is 4.24. The topological polar surface area (TPSA) is 70.0 Å². The summed E-state index contributed by atoms with van der Waals surface area (Å²) in [4.78, 5) is 13.7. The molecule has 164 valence electrons. The Balaban J connectivity index is 1.67. The standard InChI is InChI=1S/C22H26F3NO4/c1-13-14(7-8-18(27)19(13)30-22(23,24)25)9-10-21(2,3)26-11-15-5-4-6-16(20(28)29)17(15)12-26/h4-8,13-14,27H,9-12H2,1-3H3,(H,28,29). The summed E-state index contributed by atoms with van der Waals surface area (Å²) in [5.41, 5.74) is 1.82. The second kappa shape index (κ2) is 7.98. The molecule has 0 amide bonds. The summed E-state index contributed by atoms with van der Waals surface area (Å²) in [7, 11) is 0. The Morgan fingerprint density at radius 1 is 1.27 bits per heavy atom. The molecule has 1 aromatic carbocycles. The van der Waals surface area contributed by atoms with Crippen molar-refractivity contribution in [2.24, 2.45) is 11.8 Å². The van der Waals surface area contributed by atoms with Crippen LogP contribution in [0.3, 0.4) is 0 Å². The zero-order chi connectivity index (χ0) is 22.3. The van der Waals surface area contributed by atoms with Crippen molar-refractivity contribution < 1.29 is 32.9 Å². The predicted molar refractivity (Wildman–Crippen MR) is 105 cm³/mol. The number of carboxylic acid groups (broad SMARTS) is 1. The number of halogens is 3. The molecule has 5 nitrogen and oxygen atoms in total. The lowest BCUT2D eigenvalue weighted by molar-refractivity contribution is -0.310. The van der Waals surface area contributed by atoms with Gasteiger partial charge in [0.1, 0.15) is 0 Å². The largest absolute Gasteiger partial charge is 0.572 e. The molecule has 2 unspecified atom stereocenters. The summed E-state index contributed by atoms with van der Waals surface area (Å²) in [6.45, 7) is 6.86. The average Bonchev–Trinajstić information content (AvgIpc) is 3.08. The monoisotopic (exact) mass is 425 g/mol. The maximum Gasteiger partial charge on any atom is 0.572 e. The second-order valence-electron chi connectivity index (χ2n) is 8.56. The van der Waals surface area contributed by atoms with Crippen molar-refractivity contribution >= 4 is 5.97 Å². The van der Waals surface area contributed by atoms with Crippen LogP contribution in [0, 0.1) is 11.8 Å². The number of nitrogens with zero attached hydrogens (tertiary/aromatic N) is 1. The maximum atomic E-state index is 12.7. The highest BCUT2D eigenvalue weighted by atomic mass is 19.4. The number of benzene rings is 1. The van der Waals surface area contributed by atoms with Gasteiger partial charge in [0.25, 0.3) is 0 Å². The van der Waals surface area contributed by atoms with Crippen LogP contribution >= 0.6 is 0 Å². The van der Waals surface area contributed by atoms with Crippen LogP contribution in [-0.2, 0) is 17.8 Å². The third-order valence-corrected chi connectivity index (χ3v) is 6.19. The van der Waals surface area contributed by atoms with Gasteiger partial charge in [-0.15, -0.1) is 13.2 Å². The Bertz CT molecular complexity index is 889. The zero-order valence-corrected chi connectivity index (χ0v) is 17.2. The minimum absolute atomic E-state index is 0.211. The summed E-state index contributed by atoms with van der Waals surface area (Å²) in [5, 5.41) is 19.2. The first-order valence-electron chi connectivity index (χ1n) is 9.85. The first-order chi connectivity index (χ1) is 13.9. The Hall–Kier alpha value is -2.48. The number of hydrogen-bond donors (Lipinski definition) is 2. The molecular weight excluding hydrogens is 399 g/mol. The minimum Gasteiger partial charge on any atom is -0.504 e. The van der Waals surface area contributed by atoms with Crippen molar-refractivity contribution in [3.63, 3.8) is 0 Å². The van der Waals surface area contributed by atoms with Gasteiger partial charge in [0.15, 0.2) is 11.5 Å². The Morgan fingerprint density at radius 3 is 2.60 bits per heavy atom. The van der Waals surface area contributed by atoms with Crippen LogP contribution in [0.4, 0.5) is 13.2 Å². The highest BCUT2D eigenvalue weighted by Crippen LogP contribution is 2.39. The summed E-state index contributed by atoms with van der Waals surface area (Å²) in [5.74, 6) is -2.71. The van der Waals surface area contributed by atoms with E-state index in [1.807, 2.05) is 6.07 Å². The van der Waals surface area contributed by atoms with Crippen LogP contribution in [0.5, 0.6) is 0 Å². The number of ether oxygens (including phenoxy) is 1. The first kappa shape index (κ1) is 22.2. The minimum atomic E-state index is -4.85. The van der Waals surface area contributed by atoms with E-state index in [9.17, 15) is 28.2 Å². The lowest BCUT2D eigenvalue weighted by Crippen LogP contribution is -2.41. The molecule has 8 heteroatoms. The highest BCUT2D eigenvalue weighted by Gasteiger charge is 2.39. The molecule has 1 aliphatic carbocycles. The fourth-order valence-electron chi connectivity index (χ4n) is 4.24. The van der Waals surface area contributed by atoms with Crippen molar-refractivity contribution in [1.82, 2.24) is 4.90 Å². The number of carbonyl (C=O) groups is 1. The Labute approximate surface area is 173 Å². The van der Waals surface area contributed by atoms with E-state index in [2.05, 4.69) is 23.5 Å². The van der Waals surface area contributed by atoms with Gasteiger partial charge < -0.3 is 14.9 Å². The van der Waals surface area contributed by atoms with Gasteiger partial charge >= 0.3 is 12.3 Å². The number of carboxylic acids is 1. The molecule has 0 radical (unpaired) electrons. The van der Waals surface area contributed by atoms with Gasteiger partial charge in [-0.25, -0.2) is 4.79 Å². The van der Waals surface area contributed by atoms with E-state index in [0.717, 1.165) is 11.1 Å². The first-order valence-corrected chi connectivity index (χ1v) is 9.85. The molecule has 3 rings (SSSR count). The van der Waals surface area contributed by atoms with Gasteiger partial charge in [-0.1, -0.05) is 25.1 Å². The van der Waals surface area contributed by atoms with Crippen LogP contribution in [0.1, 0.15) is 55.1 Å². The smallest absolute Gasteiger partial charge is 0.504 e. The Morgan fingerprint density at radius 2 is 1.97 bits per heavy atom. The van der Waals surface area contributed by atoms with Gasteiger partial charge in [-0.05, 0) is 55.9 Å². The van der Waals surface area contributed by atoms with E-state index >= 15 is 0 Å². The average molecular weight is 425 g/mol. The summed E-state index contributed by atoms with van der Waals surface area (Å²) < 4.78 is 42.1. The van der Waals surface area contributed by atoms with E-state index in [4.69, 9.17) is 0 Å². The number of aliphatic hydroxyl groups excluding tert-OH is 1. The van der Waals surface area contributed by atoms with Crippen LogP contribution < -0.4 is 0 Å². The molecule has 0 bridgehead atoms. The third-order valence-electron chi connectivity index (χ3n) is 6.19. The molecule has 1 aliphatic heterocycles. The zero-order valence-electron chi connectivity index (χ0n) is 17.2. The summed E-state index contributed by atoms with van der Waals surface area (Å²) in [6.07, 6.45) is -0.579. The van der Waals surface area contributed by atoms with E-state index in [-0.39, 0.29) is 11.5 Å². The number of hydrogen-bond acceptors (Lipinski definition) is 4. The molecule has 0 fully saturated rings. The number of aromatic carboxylic acids is 1. The fraction of sp³-hybridized carbons (Fsp3) is 0.500. The molecule has 0 aromatic heterocycles. The van der Waals surface area contributed by atoms with Gasteiger partial charge in [0.2, 0.25) is 0 Å². The van der Waals surface area contributed by atoms with E-state index in [1.54, 1.807) is 25.1 Å². The number of allylic oxidation sites excluding steroid dienone is 3. The van der Waals surface area contributed by atoms with Gasteiger partial charge in [-0.2, -0.15) is 0 Å². The molecule has 2 N–H and O–H groups in total. The lowest BCUT2D eigenvalue weighted by atomic mass is 9.81. The van der Waals surface area contributed by atoms with E-state index < -0.39 is 29.8 Å². The van der Waals surface area contributed by atoms with E-state index in [0.29, 0.717) is 31.5 Å². The van der Waals surface area contributed by atoms with Crippen molar-refractivity contribution in [1.29, 1.82) is 0 Å². The quantitative estimate of drug-likeness (QED) is 0.640. The molecule has 0 spiro atoms. The number of rotatable bonds is 6. The molecule has 0 saturated heterocycles. The van der Waals surface area contributed by atoms with Crippen molar-refractivity contribution in [3.05, 3.63) is 58.6 Å². The van der Waals surface area contributed by atoms with Crippen LogP contribution in [0.2, 0.25) is 0 Å². The predicted octanol–water partition coefficient (Wildman–Crippen LogP) is 5.39. The molecule has 2 atom stereocenters. The van der Waals surface area contributed by atoms with Crippen LogP contribution in [0.25, 0.3) is 0 Å². The van der Waals surface area contributed by atoms with Gasteiger partial charge in [-0.3, -0.25) is 4.90 Å². The Kier molecular flexibility index (Phi) is 5.91. The van der Waals surface area contributed by atoms with Crippen molar-refractivity contribution in [2.45, 2.75) is 58.6 Å². The van der Waals surface area contributed by atoms with E-state index in [1.165, 1.54) is 6.08 Å². The summed E-state index contributed by atoms with van der Waals surface area (Å²) >= 11 is 0. The SMILES string of the molecule is CC1C(OC(F)(F)F)=C(O)C=CC1CCC(C)(C)N1Cc2cccc(C(=O)O)c2C1. The van der Waals surface area contributed by atoms with Crippen molar-refractivity contribution in [2.75, 3.05) is 0 Å². The van der Waals surface area contributed by atoms with Crippen LogP contribution in [0.15, 0.2) is 41.9 Å². The van der Waals surface area contributed by atoms with Crippen molar-refractivity contribution in [3.8, 4) is 0 Å². The maximum absolute atomic E-state index is 12.7. The summed E-state index contributed by atoms with van der Waals surface area (Å²) in [6, 6.07) is 5.28.